The lowest BCUT2D eigenvalue weighted by molar-refractivity contribution is 0.694. The second-order valence-corrected chi connectivity index (χ2v) is 3.90. The molecule has 0 radical (unpaired) electrons. The van der Waals surface area contributed by atoms with Crippen molar-refractivity contribution in [3.8, 4) is 0 Å². The number of rotatable bonds is 0. The highest BCUT2D eigenvalue weighted by atomic mass is 16.1. The lowest BCUT2D eigenvalue weighted by Gasteiger charge is -2.12. The van der Waals surface area contributed by atoms with Crippen molar-refractivity contribution in [1.82, 2.24) is 4.98 Å². The first-order valence-electron chi connectivity index (χ1n) is 4.58. The zero-order valence-corrected chi connectivity index (χ0v) is 6.84. The first kappa shape index (κ1) is 6.46. The molecule has 1 aromatic rings. The summed E-state index contributed by atoms with van der Waals surface area (Å²) in [5.74, 6) is 1.42. The Labute approximate surface area is 70.6 Å². The van der Waals surface area contributed by atoms with Gasteiger partial charge < -0.3 is 4.98 Å². The summed E-state index contributed by atoms with van der Waals surface area (Å²) in [4.78, 5) is 14.0. The van der Waals surface area contributed by atoms with Gasteiger partial charge in [-0.25, -0.2) is 0 Å². The Morgan fingerprint density at radius 1 is 1.25 bits per heavy atom. The lowest BCUT2D eigenvalue weighted by Crippen LogP contribution is -2.10. The molecular formula is C10H11NO. The van der Waals surface area contributed by atoms with Crippen LogP contribution < -0.4 is 5.56 Å². The van der Waals surface area contributed by atoms with Crippen LogP contribution in [0.3, 0.4) is 0 Å². The first-order chi connectivity index (χ1) is 5.84. The van der Waals surface area contributed by atoms with E-state index in [2.05, 4.69) is 4.98 Å². The lowest BCUT2D eigenvalue weighted by atomic mass is 9.96. The number of nitrogens with one attached hydrogen (secondary N) is 1. The molecule has 2 aliphatic rings. The van der Waals surface area contributed by atoms with Crippen LogP contribution >= 0.6 is 0 Å². The summed E-state index contributed by atoms with van der Waals surface area (Å²) in [6, 6.07) is 3.66. The molecule has 2 heteroatoms. The third-order valence-corrected chi connectivity index (χ3v) is 3.26. The van der Waals surface area contributed by atoms with Gasteiger partial charge in [0.2, 0.25) is 5.56 Å². The average Bonchev–Trinajstić information content (AvgIpc) is 2.63. The summed E-state index contributed by atoms with van der Waals surface area (Å²) in [5, 5.41) is 0. The van der Waals surface area contributed by atoms with Crippen LogP contribution in [0.15, 0.2) is 16.9 Å². The van der Waals surface area contributed by atoms with Crippen LogP contribution in [-0.2, 0) is 0 Å². The summed E-state index contributed by atoms with van der Waals surface area (Å²) in [6.45, 7) is 0. The highest BCUT2D eigenvalue weighted by molar-refractivity contribution is 5.35. The minimum atomic E-state index is 0.0568. The third kappa shape index (κ3) is 0.675. The molecule has 0 saturated heterocycles. The zero-order valence-electron chi connectivity index (χ0n) is 6.84. The number of H-pyrrole nitrogens is 1. The molecule has 2 atom stereocenters. The molecule has 12 heavy (non-hydrogen) atoms. The van der Waals surface area contributed by atoms with Crippen LogP contribution in [0.1, 0.15) is 42.4 Å². The Kier molecular flexibility index (Phi) is 1.08. The number of hydrogen-bond acceptors (Lipinski definition) is 1. The first-order valence-corrected chi connectivity index (χ1v) is 4.58. The van der Waals surface area contributed by atoms with E-state index in [0.29, 0.717) is 5.92 Å². The molecule has 3 rings (SSSR count). The van der Waals surface area contributed by atoms with Gasteiger partial charge in [-0.3, -0.25) is 4.79 Å². The van der Waals surface area contributed by atoms with Crippen molar-refractivity contribution in [2.24, 2.45) is 0 Å². The Hall–Kier alpha value is -1.05. The number of aromatic amines is 1. The molecule has 1 N–H and O–H groups in total. The maximum Gasteiger partial charge on any atom is 0.248 e. The monoisotopic (exact) mass is 161 g/mol. The molecule has 1 aromatic heterocycles. The molecule has 0 amide bonds. The molecule has 0 aliphatic heterocycles. The molecule has 62 valence electrons. The fourth-order valence-corrected chi connectivity index (χ4v) is 2.72. The largest absolute Gasteiger partial charge is 0.326 e. The van der Waals surface area contributed by atoms with E-state index in [1.165, 1.54) is 30.5 Å². The standard InChI is InChI=1S/C10H11NO/c12-9-4-3-8-6-1-2-7(5-6)10(8)11-9/h3-4,6-7H,1-2,5H2,(H,11,12). The molecule has 0 aromatic carbocycles. The fourth-order valence-electron chi connectivity index (χ4n) is 2.72. The van der Waals surface area contributed by atoms with E-state index in [-0.39, 0.29) is 5.56 Å². The third-order valence-electron chi connectivity index (χ3n) is 3.26. The van der Waals surface area contributed by atoms with Crippen molar-refractivity contribution in [3.05, 3.63) is 33.7 Å². The number of aromatic nitrogens is 1. The molecule has 0 spiro atoms. The molecule has 1 saturated carbocycles. The van der Waals surface area contributed by atoms with Crippen LogP contribution in [0.4, 0.5) is 0 Å². The summed E-state index contributed by atoms with van der Waals surface area (Å²) < 4.78 is 0. The number of hydrogen-bond donors (Lipinski definition) is 1. The van der Waals surface area contributed by atoms with Gasteiger partial charge >= 0.3 is 0 Å². The molecule has 2 nitrogen and oxygen atoms in total. The van der Waals surface area contributed by atoms with Gasteiger partial charge in [0, 0.05) is 11.8 Å². The molecular weight excluding hydrogens is 150 g/mol. The van der Waals surface area contributed by atoms with E-state index >= 15 is 0 Å². The Bertz CT molecular complexity index is 380. The molecule has 1 fully saturated rings. The van der Waals surface area contributed by atoms with E-state index < -0.39 is 0 Å². The van der Waals surface area contributed by atoms with Crippen LogP contribution in [0.5, 0.6) is 0 Å². The summed E-state index contributed by atoms with van der Waals surface area (Å²) >= 11 is 0. The maximum absolute atomic E-state index is 11.0. The minimum absolute atomic E-state index is 0.0568. The van der Waals surface area contributed by atoms with E-state index in [4.69, 9.17) is 0 Å². The van der Waals surface area contributed by atoms with Gasteiger partial charge in [-0.05, 0) is 36.7 Å². The van der Waals surface area contributed by atoms with Crippen molar-refractivity contribution in [2.45, 2.75) is 31.1 Å². The second kappa shape index (κ2) is 2.00. The Balaban J connectivity index is 2.27. The van der Waals surface area contributed by atoms with Crippen LogP contribution in [-0.4, -0.2) is 4.98 Å². The van der Waals surface area contributed by atoms with Crippen molar-refractivity contribution < 1.29 is 0 Å². The van der Waals surface area contributed by atoms with E-state index in [9.17, 15) is 4.79 Å². The topological polar surface area (TPSA) is 32.9 Å². The summed E-state index contributed by atoms with van der Waals surface area (Å²) in [6.07, 6.45) is 3.87. The summed E-state index contributed by atoms with van der Waals surface area (Å²) in [5.41, 5.74) is 2.70. The minimum Gasteiger partial charge on any atom is -0.326 e. The maximum atomic E-state index is 11.0. The predicted molar refractivity (Wildman–Crippen MR) is 46.4 cm³/mol. The quantitative estimate of drug-likeness (QED) is 0.617. The fraction of sp³-hybridized carbons (Fsp3) is 0.500. The van der Waals surface area contributed by atoms with E-state index in [1.807, 2.05) is 6.07 Å². The van der Waals surface area contributed by atoms with Gasteiger partial charge in [0.1, 0.15) is 0 Å². The SMILES string of the molecule is O=c1ccc2c([nH]1)C1CCC2C1. The average molecular weight is 161 g/mol. The van der Waals surface area contributed by atoms with Crippen LogP contribution in [0.25, 0.3) is 0 Å². The van der Waals surface area contributed by atoms with E-state index in [1.54, 1.807) is 6.07 Å². The van der Waals surface area contributed by atoms with Crippen LogP contribution in [0.2, 0.25) is 0 Å². The van der Waals surface area contributed by atoms with Gasteiger partial charge in [-0.1, -0.05) is 6.07 Å². The van der Waals surface area contributed by atoms with Gasteiger partial charge in [-0.15, -0.1) is 0 Å². The van der Waals surface area contributed by atoms with Crippen molar-refractivity contribution in [2.75, 3.05) is 0 Å². The smallest absolute Gasteiger partial charge is 0.248 e. The van der Waals surface area contributed by atoms with Crippen molar-refractivity contribution in [3.63, 3.8) is 0 Å². The normalized spacial score (nSPS) is 30.7. The van der Waals surface area contributed by atoms with Gasteiger partial charge in [0.25, 0.3) is 0 Å². The molecule has 1 heterocycles. The predicted octanol–water partition coefficient (Wildman–Crippen LogP) is 1.74. The molecule has 2 unspecified atom stereocenters. The second-order valence-electron chi connectivity index (χ2n) is 3.90. The van der Waals surface area contributed by atoms with Gasteiger partial charge in [0.15, 0.2) is 0 Å². The highest BCUT2D eigenvalue weighted by Gasteiger charge is 2.37. The van der Waals surface area contributed by atoms with Gasteiger partial charge in [-0.2, -0.15) is 0 Å². The van der Waals surface area contributed by atoms with E-state index in [0.717, 1.165) is 5.92 Å². The van der Waals surface area contributed by atoms with Crippen molar-refractivity contribution >= 4 is 0 Å². The number of fused-ring (bicyclic) bond motifs is 5. The Morgan fingerprint density at radius 3 is 3.00 bits per heavy atom. The Morgan fingerprint density at radius 2 is 2.08 bits per heavy atom. The molecule has 2 bridgehead atoms. The number of pyridine rings is 1. The zero-order chi connectivity index (χ0) is 8.13. The molecule has 2 aliphatic carbocycles. The van der Waals surface area contributed by atoms with Crippen LogP contribution in [0, 0.1) is 0 Å². The highest BCUT2D eigenvalue weighted by Crippen LogP contribution is 2.51. The van der Waals surface area contributed by atoms with Crippen molar-refractivity contribution in [1.29, 1.82) is 0 Å². The summed E-state index contributed by atoms with van der Waals surface area (Å²) in [7, 11) is 0. The van der Waals surface area contributed by atoms with Gasteiger partial charge in [0.05, 0.1) is 0 Å².